The van der Waals surface area contributed by atoms with E-state index in [-0.39, 0.29) is 0 Å². The van der Waals surface area contributed by atoms with E-state index in [9.17, 15) is 4.79 Å². The van der Waals surface area contributed by atoms with Crippen molar-refractivity contribution in [3.8, 4) is 0 Å². The van der Waals surface area contributed by atoms with Crippen molar-refractivity contribution in [2.45, 2.75) is 44.9 Å². The van der Waals surface area contributed by atoms with Crippen molar-refractivity contribution in [3.05, 3.63) is 11.6 Å². The van der Waals surface area contributed by atoms with Gasteiger partial charge in [-0.15, -0.1) is 0 Å². The molecule has 0 aromatic carbocycles. The lowest BCUT2D eigenvalue weighted by Crippen LogP contribution is -2.18. The van der Waals surface area contributed by atoms with Crippen LogP contribution in [0.2, 0.25) is 0 Å². The maximum absolute atomic E-state index is 10.3. The van der Waals surface area contributed by atoms with Crippen LogP contribution in [0.1, 0.15) is 44.9 Å². The van der Waals surface area contributed by atoms with Crippen molar-refractivity contribution in [2.75, 3.05) is 0 Å². The first-order valence-corrected chi connectivity index (χ1v) is 6.52. The molecule has 4 atom stereocenters. The molecule has 0 radical (unpaired) electrons. The Kier molecular flexibility index (Phi) is 2.42. The average Bonchev–Trinajstić information content (AvgIpc) is 2.89. The van der Waals surface area contributed by atoms with Gasteiger partial charge in [0.25, 0.3) is 0 Å². The van der Waals surface area contributed by atoms with Gasteiger partial charge in [-0.2, -0.15) is 0 Å². The number of carbonyl (C=O) groups is 1. The molecule has 2 bridgehead atoms. The van der Waals surface area contributed by atoms with Crippen LogP contribution in [-0.4, -0.2) is 6.29 Å². The van der Waals surface area contributed by atoms with Gasteiger partial charge in [-0.3, -0.25) is 0 Å². The molecule has 3 fully saturated rings. The van der Waals surface area contributed by atoms with Gasteiger partial charge in [0.1, 0.15) is 6.29 Å². The second-order valence-corrected chi connectivity index (χ2v) is 5.59. The van der Waals surface area contributed by atoms with Gasteiger partial charge in [0.2, 0.25) is 0 Å². The molecular weight excluding hydrogens is 184 g/mol. The van der Waals surface area contributed by atoms with Crippen molar-refractivity contribution in [1.82, 2.24) is 0 Å². The number of rotatable bonds is 3. The molecule has 0 saturated heterocycles. The van der Waals surface area contributed by atoms with E-state index in [1.54, 1.807) is 5.57 Å². The van der Waals surface area contributed by atoms with E-state index in [0.717, 1.165) is 42.8 Å². The zero-order chi connectivity index (χ0) is 10.3. The molecule has 3 rings (SSSR count). The van der Waals surface area contributed by atoms with E-state index >= 15 is 0 Å². The number of unbranched alkanes of at least 4 members (excludes halogenated alkanes) is 1. The standard InChI is InChI=1S/C14H20O/c15-7-2-1-4-10-8-11-9-14(10)13-6-3-5-12(11)13/h4,7,11-14H,1-3,5-6,8-9H2/b10-4-/t11?,12-,13+,14?/m0/s1. The van der Waals surface area contributed by atoms with E-state index in [4.69, 9.17) is 0 Å². The molecule has 3 aliphatic rings. The summed E-state index contributed by atoms with van der Waals surface area (Å²) >= 11 is 0. The Morgan fingerprint density at radius 1 is 1.20 bits per heavy atom. The summed E-state index contributed by atoms with van der Waals surface area (Å²) in [5, 5.41) is 0. The number of hydrogen-bond donors (Lipinski definition) is 0. The van der Waals surface area contributed by atoms with Gasteiger partial charge in [0.05, 0.1) is 0 Å². The van der Waals surface area contributed by atoms with Gasteiger partial charge in [0, 0.05) is 6.42 Å². The van der Waals surface area contributed by atoms with Gasteiger partial charge < -0.3 is 4.79 Å². The predicted octanol–water partition coefficient (Wildman–Crippen LogP) is 3.35. The molecule has 0 aromatic heterocycles. The summed E-state index contributed by atoms with van der Waals surface area (Å²) < 4.78 is 0. The van der Waals surface area contributed by atoms with E-state index in [1.807, 2.05) is 0 Å². The molecule has 0 aliphatic heterocycles. The first-order valence-electron chi connectivity index (χ1n) is 6.52. The Balaban J connectivity index is 1.70. The van der Waals surface area contributed by atoms with Crippen LogP contribution in [0.4, 0.5) is 0 Å². The van der Waals surface area contributed by atoms with Crippen LogP contribution in [0.15, 0.2) is 11.6 Å². The molecule has 3 saturated carbocycles. The summed E-state index contributed by atoms with van der Waals surface area (Å²) in [6, 6.07) is 0. The quantitative estimate of drug-likeness (QED) is 0.391. The fraction of sp³-hybridized carbons (Fsp3) is 0.786. The number of hydrogen-bond acceptors (Lipinski definition) is 1. The molecule has 0 amide bonds. The number of aldehydes is 1. The van der Waals surface area contributed by atoms with Crippen molar-refractivity contribution < 1.29 is 4.79 Å². The number of fused-ring (bicyclic) bond motifs is 5. The monoisotopic (exact) mass is 204 g/mol. The highest BCUT2D eigenvalue weighted by Crippen LogP contribution is 2.60. The van der Waals surface area contributed by atoms with Gasteiger partial charge in [-0.1, -0.05) is 18.1 Å². The lowest BCUT2D eigenvalue weighted by atomic mass is 9.79. The highest BCUT2D eigenvalue weighted by molar-refractivity contribution is 5.49. The van der Waals surface area contributed by atoms with Crippen molar-refractivity contribution >= 4 is 6.29 Å². The molecular formula is C14H20O. The summed E-state index contributed by atoms with van der Waals surface area (Å²) in [4.78, 5) is 10.3. The largest absolute Gasteiger partial charge is 0.303 e. The Morgan fingerprint density at radius 3 is 2.93 bits per heavy atom. The maximum atomic E-state index is 10.3. The third-order valence-corrected chi connectivity index (χ3v) is 4.97. The zero-order valence-electron chi connectivity index (χ0n) is 9.32. The summed E-state index contributed by atoms with van der Waals surface area (Å²) in [5.74, 6) is 4.06. The summed E-state index contributed by atoms with van der Waals surface area (Å²) in [5.41, 5.74) is 1.71. The summed E-state index contributed by atoms with van der Waals surface area (Å²) in [6.45, 7) is 0. The minimum absolute atomic E-state index is 0.717. The lowest BCUT2D eigenvalue weighted by molar-refractivity contribution is -0.107. The third-order valence-electron chi connectivity index (χ3n) is 4.97. The lowest BCUT2D eigenvalue weighted by Gasteiger charge is -2.26. The second-order valence-electron chi connectivity index (χ2n) is 5.59. The van der Waals surface area contributed by atoms with E-state index in [0.29, 0.717) is 0 Å². The molecule has 3 aliphatic carbocycles. The van der Waals surface area contributed by atoms with Crippen LogP contribution in [0.3, 0.4) is 0 Å². The third kappa shape index (κ3) is 1.47. The van der Waals surface area contributed by atoms with Crippen LogP contribution in [0.25, 0.3) is 0 Å². The van der Waals surface area contributed by atoms with Gasteiger partial charge in [-0.05, 0) is 55.8 Å². The van der Waals surface area contributed by atoms with Gasteiger partial charge >= 0.3 is 0 Å². The molecule has 1 nitrogen and oxygen atoms in total. The molecule has 82 valence electrons. The minimum atomic E-state index is 0.717. The molecule has 2 unspecified atom stereocenters. The van der Waals surface area contributed by atoms with Crippen LogP contribution >= 0.6 is 0 Å². The highest BCUT2D eigenvalue weighted by Gasteiger charge is 2.51. The van der Waals surface area contributed by atoms with Crippen molar-refractivity contribution in [2.24, 2.45) is 23.7 Å². The highest BCUT2D eigenvalue weighted by atomic mass is 16.1. The Morgan fingerprint density at radius 2 is 2.07 bits per heavy atom. The van der Waals surface area contributed by atoms with Crippen molar-refractivity contribution in [1.29, 1.82) is 0 Å². The Labute approximate surface area is 91.9 Å². The average molecular weight is 204 g/mol. The number of allylic oxidation sites excluding steroid dienone is 2. The molecule has 0 heterocycles. The van der Waals surface area contributed by atoms with E-state index < -0.39 is 0 Å². The second kappa shape index (κ2) is 3.77. The zero-order valence-corrected chi connectivity index (χ0v) is 9.32. The van der Waals surface area contributed by atoms with Gasteiger partial charge in [-0.25, -0.2) is 0 Å². The first-order chi connectivity index (χ1) is 7.40. The normalized spacial score (nSPS) is 44.9. The summed E-state index contributed by atoms with van der Waals surface area (Å²) in [6.07, 6.45) is 12.4. The smallest absolute Gasteiger partial charge is 0.120 e. The molecule has 1 heteroatoms. The number of carbonyl (C=O) groups excluding carboxylic acids is 1. The maximum Gasteiger partial charge on any atom is 0.120 e. The predicted molar refractivity (Wildman–Crippen MR) is 60.4 cm³/mol. The van der Waals surface area contributed by atoms with Gasteiger partial charge in [0.15, 0.2) is 0 Å². The van der Waals surface area contributed by atoms with Crippen LogP contribution in [-0.2, 0) is 4.79 Å². The molecule has 0 aromatic rings. The van der Waals surface area contributed by atoms with Crippen LogP contribution in [0.5, 0.6) is 0 Å². The molecule has 0 N–H and O–H groups in total. The first kappa shape index (κ1) is 9.62. The Hall–Kier alpha value is -0.590. The summed E-state index contributed by atoms with van der Waals surface area (Å²) in [7, 11) is 0. The molecule has 0 spiro atoms. The fourth-order valence-corrected chi connectivity index (χ4v) is 4.46. The SMILES string of the molecule is O=CCC/C=C1/CC2CC1[C@@H]1CCC[C@@H]21. The minimum Gasteiger partial charge on any atom is -0.303 e. The van der Waals surface area contributed by atoms with Crippen molar-refractivity contribution in [3.63, 3.8) is 0 Å². The Bertz CT molecular complexity index is 292. The van der Waals surface area contributed by atoms with Crippen LogP contribution < -0.4 is 0 Å². The van der Waals surface area contributed by atoms with E-state index in [2.05, 4.69) is 6.08 Å². The van der Waals surface area contributed by atoms with E-state index in [1.165, 1.54) is 32.1 Å². The molecule has 15 heavy (non-hydrogen) atoms. The fourth-order valence-electron chi connectivity index (χ4n) is 4.46. The van der Waals surface area contributed by atoms with Crippen LogP contribution in [0, 0.1) is 23.7 Å². The topological polar surface area (TPSA) is 17.1 Å².